The smallest absolute Gasteiger partial charge is 0.422 e. The highest BCUT2D eigenvalue weighted by Crippen LogP contribution is 2.20. The van der Waals surface area contributed by atoms with Gasteiger partial charge in [-0.25, -0.2) is 4.79 Å². The first-order chi connectivity index (χ1) is 10.3. The van der Waals surface area contributed by atoms with E-state index in [-0.39, 0.29) is 5.71 Å². The van der Waals surface area contributed by atoms with Crippen LogP contribution in [0.2, 0.25) is 0 Å². The van der Waals surface area contributed by atoms with Crippen molar-refractivity contribution in [2.75, 3.05) is 7.11 Å². The summed E-state index contributed by atoms with van der Waals surface area (Å²) in [6.45, 7) is 0.345. The molecule has 2 aromatic carbocycles. The standard InChI is InChI=1S/C16H14N2O3/c1-20-16(19)15(18-17)13-9-5-6-10-14(13)21-11-12-7-3-2-4-8-12/h2-10H,11H2,1H3. The van der Waals surface area contributed by atoms with Crippen LogP contribution in [0.4, 0.5) is 0 Å². The second-order valence-electron chi connectivity index (χ2n) is 4.21. The number of methoxy groups -OCH3 is 1. The molecule has 2 rings (SSSR count). The van der Waals surface area contributed by atoms with Gasteiger partial charge in [-0.05, 0) is 17.7 Å². The highest BCUT2D eigenvalue weighted by atomic mass is 16.5. The van der Waals surface area contributed by atoms with Gasteiger partial charge in [-0.1, -0.05) is 42.5 Å². The van der Waals surface area contributed by atoms with Gasteiger partial charge in [0, 0.05) is 0 Å². The minimum atomic E-state index is -0.728. The van der Waals surface area contributed by atoms with Crippen LogP contribution in [0.25, 0.3) is 5.53 Å². The summed E-state index contributed by atoms with van der Waals surface area (Å²) < 4.78 is 10.3. The van der Waals surface area contributed by atoms with Crippen molar-refractivity contribution < 1.29 is 19.1 Å². The second-order valence-corrected chi connectivity index (χ2v) is 4.21. The minimum absolute atomic E-state index is 0.193. The summed E-state index contributed by atoms with van der Waals surface area (Å²) in [4.78, 5) is 14.6. The van der Waals surface area contributed by atoms with Gasteiger partial charge in [0.05, 0.1) is 7.11 Å². The van der Waals surface area contributed by atoms with Gasteiger partial charge < -0.3 is 15.0 Å². The summed E-state index contributed by atoms with van der Waals surface area (Å²) in [6, 6.07) is 16.5. The molecule has 5 nitrogen and oxygen atoms in total. The highest BCUT2D eigenvalue weighted by molar-refractivity contribution is 6.41. The molecule has 0 saturated heterocycles. The van der Waals surface area contributed by atoms with E-state index in [2.05, 4.69) is 9.53 Å². The third kappa shape index (κ3) is 3.55. The highest BCUT2D eigenvalue weighted by Gasteiger charge is 2.27. The molecule has 0 heterocycles. The van der Waals surface area contributed by atoms with E-state index in [1.807, 2.05) is 30.3 Å². The lowest BCUT2D eigenvalue weighted by molar-refractivity contribution is -0.137. The Morgan fingerprint density at radius 1 is 1.10 bits per heavy atom. The van der Waals surface area contributed by atoms with E-state index < -0.39 is 5.97 Å². The Kier molecular flexibility index (Phi) is 4.85. The number of benzene rings is 2. The average Bonchev–Trinajstić information content (AvgIpc) is 2.55. The molecule has 0 atom stereocenters. The number of hydrogen-bond donors (Lipinski definition) is 0. The zero-order valence-electron chi connectivity index (χ0n) is 11.5. The summed E-state index contributed by atoms with van der Waals surface area (Å²) in [5.41, 5.74) is 10.2. The number of para-hydroxylation sites is 1. The van der Waals surface area contributed by atoms with Gasteiger partial charge >= 0.3 is 11.7 Å². The predicted octanol–water partition coefficient (Wildman–Crippen LogP) is 2.46. The molecule has 0 spiro atoms. The maximum atomic E-state index is 11.6. The molecule has 2 aromatic rings. The Labute approximate surface area is 122 Å². The third-order valence-corrected chi connectivity index (χ3v) is 2.86. The number of hydrogen-bond acceptors (Lipinski definition) is 3. The zero-order valence-corrected chi connectivity index (χ0v) is 11.5. The SMILES string of the molecule is COC(=O)C(=[N+]=[N-])c1ccccc1OCc1ccccc1. The summed E-state index contributed by atoms with van der Waals surface area (Å²) in [7, 11) is 1.22. The van der Waals surface area contributed by atoms with Crippen LogP contribution in [-0.2, 0) is 16.1 Å². The van der Waals surface area contributed by atoms with Crippen LogP contribution in [0.3, 0.4) is 0 Å². The van der Waals surface area contributed by atoms with Crippen LogP contribution in [0.15, 0.2) is 54.6 Å². The van der Waals surface area contributed by atoms with Gasteiger partial charge in [0.25, 0.3) is 0 Å². The first kappa shape index (κ1) is 14.5. The van der Waals surface area contributed by atoms with Gasteiger partial charge in [0.15, 0.2) is 0 Å². The average molecular weight is 282 g/mol. The molecule has 0 amide bonds. The van der Waals surface area contributed by atoms with Crippen LogP contribution in [-0.4, -0.2) is 23.6 Å². The summed E-state index contributed by atoms with van der Waals surface area (Å²) >= 11 is 0. The lowest BCUT2D eigenvalue weighted by atomic mass is 10.1. The topological polar surface area (TPSA) is 71.9 Å². The molecule has 0 aliphatic heterocycles. The Morgan fingerprint density at radius 3 is 2.43 bits per heavy atom. The van der Waals surface area contributed by atoms with Crippen molar-refractivity contribution in [3.63, 3.8) is 0 Å². The molecular weight excluding hydrogens is 268 g/mol. The van der Waals surface area contributed by atoms with E-state index in [9.17, 15) is 4.79 Å². The Bertz CT molecular complexity index is 677. The van der Waals surface area contributed by atoms with Crippen molar-refractivity contribution in [1.82, 2.24) is 0 Å². The monoisotopic (exact) mass is 282 g/mol. The van der Waals surface area contributed by atoms with Crippen molar-refractivity contribution >= 4 is 11.7 Å². The number of esters is 1. The Hall–Kier alpha value is -2.91. The maximum absolute atomic E-state index is 11.6. The van der Waals surface area contributed by atoms with E-state index in [0.717, 1.165) is 5.56 Å². The molecule has 106 valence electrons. The molecule has 0 unspecified atom stereocenters. The number of ether oxygens (including phenoxy) is 2. The van der Waals surface area contributed by atoms with E-state index in [1.165, 1.54) is 7.11 Å². The number of carbonyl (C=O) groups excluding carboxylic acids is 1. The normalized spacial score (nSPS) is 9.57. The fourth-order valence-electron chi connectivity index (χ4n) is 1.82. The summed E-state index contributed by atoms with van der Waals surface area (Å²) in [5.74, 6) is -0.284. The van der Waals surface area contributed by atoms with Gasteiger partial charge in [-0.2, -0.15) is 4.79 Å². The van der Waals surface area contributed by atoms with Gasteiger partial charge in [0.2, 0.25) is 0 Å². The van der Waals surface area contributed by atoms with Gasteiger partial charge in [-0.3, -0.25) is 0 Å². The lowest BCUT2D eigenvalue weighted by Gasteiger charge is -2.08. The van der Waals surface area contributed by atoms with Gasteiger partial charge in [-0.15, -0.1) is 0 Å². The number of nitrogens with zero attached hydrogens (tertiary/aromatic N) is 2. The Morgan fingerprint density at radius 2 is 1.76 bits per heavy atom. The largest absolute Gasteiger partial charge is 0.488 e. The summed E-state index contributed by atoms with van der Waals surface area (Å²) in [5, 5.41) is 0. The fourth-order valence-corrected chi connectivity index (χ4v) is 1.82. The first-order valence-electron chi connectivity index (χ1n) is 6.32. The second kappa shape index (κ2) is 7.03. The molecule has 0 aliphatic carbocycles. The van der Waals surface area contributed by atoms with Crippen molar-refractivity contribution in [3.05, 3.63) is 71.3 Å². The minimum Gasteiger partial charge on any atom is -0.488 e. The van der Waals surface area contributed by atoms with E-state index in [4.69, 9.17) is 10.3 Å². The molecule has 0 saturated carbocycles. The molecule has 5 heteroatoms. The van der Waals surface area contributed by atoms with Crippen LogP contribution in [0.5, 0.6) is 5.75 Å². The quantitative estimate of drug-likeness (QED) is 0.366. The van der Waals surface area contributed by atoms with E-state index >= 15 is 0 Å². The van der Waals surface area contributed by atoms with Crippen LogP contribution >= 0.6 is 0 Å². The van der Waals surface area contributed by atoms with Crippen LogP contribution in [0, 0.1) is 0 Å². The third-order valence-electron chi connectivity index (χ3n) is 2.86. The van der Waals surface area contributed by atoms with Crippen LogP contribution in [0.1, 0.15) is 11.1 Å². The summed E-state index contributed by atoms with van der Waals surface area (Å²) in [6.07, 6.45) is 0. The number of rotatable bonds is 5. The van der Waals surface area contributed by atoms with E-state index in [1.54, 1.807) is 24.3 Å². The molecule has 0 N–H and O–H groups in total. The number of carbonyl (C=O) groups is 1. The molecular formula is C16H14N2O3. The first-order valence-corrected chi connectivity index (χ1v) is 6.32. The predicted molar refractivity (Wildman–Crippen MR) is 77.0 cm³/mol. The molecule has 0 radical (unpaired) electrons. The molecule has 0 bridgehead atoms. The van der Waals surface area contributed by atoms with Crippen molar-refractivity contribution in [3.8, 4) is 5.75 Å². The fraction of sp³-hybridized carbons (Fsp3) is 0.125. The van der Waals surface area contributed by atoms with Crippen molar-refractivity contribution in [2.24, 2.45) is 0 Å². The van der Waals surface area contributed by atoms with Gasteiger partial charge in [0.1, 0.15) is 17.9 Å². The Balaban J connectivity index is 2.25. The molecule has 0 fully saturated rings. The van der Waals surface area contributed by atoms with E-state index in [0.29, 0.717) is 17.9 Å². The molecule has 0 aliphatic rings. The van der Waals surface area contributed by atoms with Crippen molar-refractivity contribution in [2.45, 2.75) is 6.61 Å². The maximum Gasteiger partial charge on any atom is 0.422 e. The lowest BCUT2D eigenvalue weighted by Crippen LogP contribution is -2.19. The van der Waals surface area contributed by atoms with Crippen molar-refractivity contribution in [1.29, 1.82) is 0 Å². The molecule has 0 aromatic heterocycles. The molecule has 21 heavy (non-hydrogen) atoms. The zero-order chi connectivity index (χ0) is 15.1. The van der Waals surface area contributed by atoms with Crippen LogP contribution < -0.4 is 4.74 Å².